The fraction of sp³-hybridized carbons (Fsp3) is 0.389. The summed E-state index contributed by atoms with van der Waals surface area (Å²) in [6, 6.07) is 5.80. The monoisotopic (exact) mass is 356 g/mol. The van der Waals surface area contributed by atoms with Crippen molar-refractivity contribution in [1.82, 2.24) is 15.6 Å². The summed E-state index contributed by atoms with van der Waals surface area (Å²) in [7, 11) is 0. The summed E-state index contributed by atoms with van der Waals surface area (Å²) in [5, 5.41) is 15.4. The van der Waals surface area contributed by atoms with E-state index in [9.17, 15) is 9.90 Å². The number of amides is 1. The van der Waals surface area contributed by atoms with E-state index < -0.39 is 0 Å². The number of aliphatic hydroxyl groups is 1. The first-order valence-electron chi connectivity index (χ1n) is 8.53. The predicted octanol–water partition coefficient (Wildman–Crippen LogP) is 2.26. The van der Waals surface area contributed by atoms with Gasteiger partial charge < -0.3 is 10.4 Å². The molecule has 2 heterocycles. The van der Waals surface area contributed by atoms with Crippen molar-refractivity contribution in [3.05, 3.63) is 35.0 Å². The number of nitrogens with one attached hydrogen (secondary N) is 2. The number of fused-ring (bicyclic) bond motifs is 1. The molecule has 25 heavy (non-hydrogen) atoms. The van der Waals surface area contributed by atoms with Gasteiger partial charge in [0.25, 0.3) is 5.91 Å². The van der Waals surface area contributed by atoms with E-state index in [-0.39, 0.29) is 18.6 Å². The highest BCUT2D eigenvalue weighted by atomic mass is 32.1. The molecule has 1 fully saturated rings. The number of carbonyl (C=O) groups is 1. The number of hydrogen-bond donors (Lipinski definition) is 3. The van der Waals surface area contributed by atoms with Gasteiger partial charge in [0.15, 0.2) is 0 Å². The molecule has 2 aromatic rings. The molecule has 7 heteroatoms. The van der Waals surface area contributed by atoms with Gasteiger partial charge in [-0.1, -0.05) is 25.3 Å². The van der Waals surface area contributed by atoms with Crippen molar-refractivity contribution < 1.29 is 9.90 Å². The molecule has 0 spiro atoms. The topological polar surface area (TPSA) is 86.6 Å². The van der Waals surface area contributed by atoms with Crippen molar-refractivity contribution in [2.75, 3.05) is 6.61 Å². The summed E-state index contributed by atoms with van der Waals surface area (Å²) in [4.78, 5) is 20.8. The Hall–Kier alpha value is -2.25. The lowest BCUT2D eigenvalue weighted by Crippen LogP contribution is -2.45. The first kappa shape index (κ1) is 16.2. The zero-order valence-corrected chi connectivity index (χ0v) is 14.6. The Morgan fingerprint density at radius 2 is 2.32 bits per heavy atom. The van der Waals surface area contributed by atoms with Crippen LogP contribution in [0.2, 0.25) is 0 Å². The Kier molecular flexibility index (Phi) is 4.50. The first-order chi connectivity index (χ1) is 12.2. The summed E-state index contributed by atoms with van der Waals surface area (Å²) in [6.45, 7) is 0.0342. The van der Waals surface area contributed by atoms with E-state index in [1.54, 1.807) is 22.9 Å². The fourth-order valence-electron chi connectivity index (χ4n) is 3.16. The normalized spacial score (nSPS) is 20.4. The third kappa shape index (κ3) is 3.57. The van der Waals surface area contributed by atoms with E-state index >= 15 is 0 Å². The van der Waals surface area contributed by atoms with E-state index in [4.69, 9.17) is 0 Å². The lowest BCUT2D eigenvalue weighted by atomic mass is 9.81. The van der Waals surface area contributed by atoms with E-state index in [0.717, 1.165) is 22.2 Å². The number of guanidine groups is 1. The van der Waals surface area contributed by atoms with Crippen LogP contribution in [0.5, 0.6) is 0 Å². The molecule has 1 atom stereocenters. The van der Waals surface area contributed by atoms with Gasteiger partial charge in [0.05, 0.1) is 28.4 Å². The molecule has 1 aromatic heterocycles. The van der Waals surface area contributed by atoms with Gasteiger partial charge in [0.2, 0.25) is 5.96 Å². The van der Waals surface area contributed by atoms with Gasteiger partial charge in [0, 0.05) is 0 Å². The Morgan fingerprint density at radius 3 is 3.08 bits per heavy atom. The number of nitrogens with zero attached hydrogens (tertiary/aromatic N) is 2. The third-order valence-electron chi connectivity index (χ3n) is 4.76. The molecule has 6 nitrogen and oxygen atoms in total. The molecule has 0 radical (unpaired) electrons. The van der Waals surface area contributed by atoms with Crippen LogP contribution in [0, 0.1) is 5.92 Å². The summed E-state index contributed by atoms with van der Waals surface area (Å²) in [6.07, 6.45) is 6.40. The maximum absolute atomic E-state index is 12.2. The summed E-state index contributed by atoms with van der Waals surface area (Å²) in [5.41, 5.74) is 4.05. The Morgan fingerprint density at radius 1 is 1.44 bits per heavy atom. The first-order valence-corrected chi connectivity index (χ1v) is 9.41. The molecule has 1 aliphatic heterocycles. The molecule has 1 aliphatic carbocycles. The standard InChI is InChI=1S/C18H20N4O2S/c23-9-13(6-11-2-1-3-11)20-18-21-15(17(24)22-18)7-12-4-5-14-16(8-12)25-10-19-14/h4-5,7-8,10-11,13,23H,1-3,6,9H2,(H2,20,21,22,24)/b15-7-. The van der Waals surface area contributed by atoms with Gasteiger partial charge in [-0.3, -0.25) is 10.1 Å². The van der Waals surface area contributed by atoms with Crippen molar-refractivity contribution in [3.63, 3.8) is 0 Å². The van der Waals surface area contributed by atoms with Gasteiger partial charge in [-0.05, 0) is 36.1 Å². The van der Waals surface area contributed by atoms with Crippen molar-refractivity contribution in [3.8, 4) is 0 Å². The minimum Gasteiger partial charge on any atom is -0.394 e. The maximum Gasteiger partial charge on any atom is 0.276 e. The average Bonchev–Trinajstić information content (AvgIpc) is 3.16. The van der Waals surface area contributed by atoms with E-state index in [0.29, 0.717) is 17.6 Å². The maximum atomic E-state index is 12.2. The number of carbonyl (C=O) groups excluding carboxylic acids is 1. The number of thiazole rings is 1. The smallest absolute Gasteiger partial charge is 0.276 e. The largest absolute Gasteiger partial charge is 0.394 e. The van der Waals surface area contributed by atoms with Crippen LogP contribution in [-0.2, 0) is 4.79 Å². The van der Waals surface area contributed by atoms with Crippen LogP contribution < -0.4 is 10.6 Å². The van der Waals surface area contributed by atoms with Crippen LogP contribution >= 0.6 is 11.3 Å². The highest BCUT2D eigenvalue weighted by Crippen LogP contribution is 2.30. The molecule has 4 rings (SSSR count). The molecule has 0 bridgehead atoms. The zero-order valence-electron chi connectivity index (χ0n) is 13.7. The Bertz CT molecular complexity index is 854. The molecule has 1 unspecified atom stereocenters. The summed E-state index contributed by atoms with van der Waals surface area (Å²) in [5.74, 6) is 0.865. The molecule has 0 saturated heterocycles. The molecule has 1 saturated carbocycles. The molecule has 2 aliphatic rings. The second kappa shape index (κ2) is 6.93. The van der Waals surface area contributed by atoms with Crippen LogP contribution in [0.1, 0.15) is 31.2 Å². The molecule has 3 N–H and O–H groups in total. The van der Waals surface area contributed by atoms with Crippen LogP contribution in [-0.4, -0.2) is 34.6 Å². The number of benzene rings is 1. The number of hydrogen-bond acceptors (Lipinski definition) is 6. The minimum atomic E-state index is -0.229. The van der Waals surface area contributed by atoms with Crippen molar-refractivity contribution in [2.45, 2.75) is 31.7 Å². The molecule has 130 valence electrons. The van der Waals surface area contributed by atoms with Crippen LogP contribution in [0.25, 0.3) is 16.3 Å². The Labute approximate surface area is 149 Å². The van der Waals surface area contributed by atoms with Gasteiger partial charge in [-0.25, -0.2) is 9.98 Å². The van der Waals surface area contributed by atoms with E-state index in [2.05, 4.69) is 20.6 Å². The zero-order chi connectivity index (χ0) is 17.2. The van der Waals surface area contributed by atoms with Crippen LogP contribution in [0.4, 0.5) is 0 Å². The van der Waals surface area contributed by atoms with Gasteiger partial charge in [0.1, 0.15) is 5.70 Å². The van der Waals surface area contributed by atoms with Crippen molar-refractivity contribution in [1.29, 1.82) is 0 Å². The SMILES string of the molecule is O=C1NC(NC(CO)CC2CCC2)=N/C1=C\c1ccc2ncsc2c1. The Balaban J connectivity index is 1.48. The van der Waals surface area contributed by atoms with Crippen LogP contribution in [0.3, 0.4) is 0 Å². The lowest BCUT2D eigenvalue weighted by Gasteiger charge is -2.29. The molecular formula is C18H20N4O2S. The molecule has 1 amide bonds. The number of aliphatic imine (C=N–C) groups is 1. The van der Waals surface area contributed by atoms with Crippen LogP contribution in [0.15, 0.2) is 34.4 Å². The summed E-state index contributed by atoms with van der Waals surface area (Å²) >= 11 is 1.57. The average molecular weight is 356 g/mol. The van der Waals surface area contributed by atoms with Crippen molar-refractivity contribution >= 4 is 39.5 Å². The van der Waals surface area contributed by atoms with Gasteiger partial charge >= 0.3 is 0 Å². The van der Waals surface area contributed by atoms with Crippen molar-refractivity contribution in [2.24, 2.45) is 10.9 Å². The second-order valence-electron chi connectivity index (χ2n) is 6.58. The second-order valence-corrected chi connectivity index (χ2v) is 7.47. The van der Waals surface area contributed by atoms with Gasteiger partial charge in [-0.15, -0.1) is 11.3 Å². The quantitative estimate of drug-likeness (QED) is 0.717. The predicted molar refractivity (Wildman–Crippen MR) is 99.1 cm³/mol. The highest BCUT2D eigenvalue weighted by molar-refractivity contribution is 7.16. The number of aliphatic hydroxyl groups excluding tert-OH is 1. The number of aromatic nitrogens is 1. The lowest BCUT2D eigenvalue weighted by molar-refractivity contribution is -0.115. The molecular weight excluding hydrogens is 336 g/mol. The third-order valence-corrected chi connectivity index (χ3v) is 5.55. The molecule has 1 aromatic carbocycles. The minimum absolute atomic E-state index is 0.0342. The van der Waals surface area contributed by atoms with Gasteiger partial charge in [-0.2, -0.15) is 0 Å². The van der Waals surface area contributed by atoms with E-state index in [1.165, 1.54) is 19.3 Å². The summed E-state index contributed by atoms with van der Waals surface area (Å²) < 4.78 is 1.08. The highest BCUT2D eigenvalue weighted by Gasteiger charge is 2.25. The number of rotatable bonds is 5. The fourth-order valence-corrected chi connectivity index (χ4v) is 3.89. The van der Waals surface area contributed by atoms with E-state index in [1.807, 2.05) is 18.2 Å².